The molecule has 0 saturated heterocycles. The molecular formula is C26H30N2O4S. The highest BCUT2D eigenvalue weighted by Crippen LogP contribution is 2.29. The Kier molecular flexibility index (Phi) is 8.77. The van der Waals surface area contributed by atoms with Crippen LogP contribution in [0.25, 0.3) is 11.1 Å². The van der Waals surface area contributed by atoms with Crippen LogP contribution in [0.4, 0.5) is 0 Å². The Morgan fingerprint density at radius 3 is 2.48 bits per heavy atom. The molecule has 0 bridgehead atoms. The van der Waals surface area contributed by atoms with Gasteiger partial charge >= 0.3 is 5.97 Å². The second-order valence-electron chi connectivity index (χ2n) is 7.96. The van der Waals surface area contributed by atoms with Gasteiger partial charge in [-0.25, -0.2) is 4.79 Å². The van der Waals surface area contributed by atoms with Crippen molar-refractivity contribution in [1.29, 1.82) is 0 Å². The molecule has 0 saturated carbocycles. The second kappa shape index (κ2) is 11.7. The molecule has 1 heterocycles. The van der Waals surface area contributed by atoms with E-state index >= 15 is 0 Å². The average Bonchev–Trinajstić information content (AvgIpc) is 3.21. The fourth-order valence-corrected chi connectivity index (χ4v) is 4.42. The van der Waals surface area contributed by atoms with Crippen LogP contribution in [0.1, 0.15) is 37.7 Å². The van der Waals surface area contributed by atoms with Gasteiger partial charge in [-0.05, 0) is 80.4 Å². The highest BCUT2D eigenvalue weighted by molar-refractivity contribution is 7.11. The van der Waals surface area contributed by atoms with Crippen LogP contribution in [0.15, 0.2) is 54.6 Å². The van der Waals surface area contributed by atoms with Crippen molar-refractivity contribution in [2.75, 3.05) is 13.6 Å². The third kappa shape index (κ3) is 6.74. The summed E-state index contributed by atoms with van der Waals surface area (Å²) in [6, 6.07) is 16.6. The van der Waals surface area contributed by atoms with E-state index in [-0.39, 0.29) is 0 Å². The maximum atomic E-state index is 13.1. The highest BCUT2D eigenvalue weighted by Gasteiger charge is 2.22. The van der Waals surface area contributed by atoms with Crippen LogP contribution < -0.4 is 10.6 Å². The van der Waals surface area contributed by atoms with E-state index in [1.165, 1.54) is 9.75 Å². The molecule has 174 valence electrons. The fourth-order valence-electron chi connectivity index (χ4n) is 3.59. The molecule has 1 atom stereocenters. The van der Waals surface area contributed by atoms with Gasteiger partial charge in [0.1, 0.15) is 6.04 Å². The Labute approximate surface area is 198 Å². The summed E-state index contributed by atoms with van der Waals surface area (Å²) >= 11 is 1.71. The molecule has 0 aliphatic carbocycles. The quantitative estimate of drug-likeness (QED) is 0.386. The third-order valence-electron chi connectivity index (χ3n) is 5.36. The lowest BCUT2D eigenvalue weighted by molar-refractivity contribution is -0.139. The predicted molar refractivity (Wildman–Crippen MR) is 132 cm³/mol. The van der Waals surface area contributed by atoms with E-state index in [0.717, 1.165) is 22.3 Å². The predicted octanol–water partition coefficient (Wildman–Crippen LogP) is 4.54. The zero-order chi connectivity index (χ0) is 23.8. The topological polar surface area (TPSA) is 87.7 Å². The molecule has 1 amide bonds. The van der Waals surface area contributed by atoms with E-state index < -0.39 is 17.9 Å². The molecule has 0 aliphatic rings. The normalized spacial score (nSPS) is 11.8. The van der Waals surface area contributed by atoms with Crippen molar-refractivity contribution >= 4 is 23.2 Å². The molecule has 0 fully saturated rings. The number of hydrogen-bond donors (Lipinski definition) is 3. The molecule has 1 unspecified atom stereocenters. The van der Waals surface area contributed by atoms with Crippen molar-refractivity contribution in [2.45, 2.75) is 39.5 Å². The molecule has 3 N–H and O–H groups in total. The largest absolute Gasteiger partial charge is 0.480 e. The minimum Gasteiger partial charge on any atom is -0.480 e. The summed E-state index contributed by atoms with van der Waals surface area (Å²) < 4.78 is 5.91. The van der Waals surface area contributed by atoms with Gasteiger partial charge in [-0.15, -0.1) is 11.3 Å². The molecule has 1 aromatic heterocycles. The van der Waals surface area contributed by atoms with E-state index in [0.29, 0.717) is 31.7 Å². The molecule has 0 radical (unpaired) electrons. The standard InChI is InChI=1S/C26H30N2O4S/c1-17-6-4-5-7-21(17)23-14-19(15-32-16-20-10-8-18(2)33-20)9-11-22(23)25(29)28-24(26(30)31)12-13-27-3/h4-11,14,24,27H,12-13,15-16H2,1-3H3,(H,28,29)(H,30,31). The van der Waals surface area contributed by atoms with Gasteiger partial charge in [0, 0.05) is 15.3 Å². The molecular weight excluding hydrogens is 436 g/mol. The molecule has 33 heavy (non-hydrogen) atoms. The number of ether oxygens (including phenoxy) is 1. The lowest BCUT2D eigenvalue weighted by Crippen LogP contribution is -2.42. The number of aryl methyl sites for hydroxylation is 2. The van der Waals surface area contributed by atoms with Gasteiger partial charge < -0.3 is 20.5 Å². The van der Waals surface area contributed by atoms with Gasteiger partial charge in [0.2, 0.25) is 0 Å². The van der Waals surface area contributed by atoms with Crippen molar-refractivity contribution in [3.05, 3.63) is 81.0 Å². The fraction of sp³-hybridized carbons (Fsp3) is 0.308. The summed E-state index contributed by atoms with van der Waals surface area (Å²) in [5, 5.41) is 15.1. The summed E-state index contributed by atoms with van der Waals surface area (Å²) in [6.07, 6.45) is 0.297. The first-order valence-corrected chi connectivity index (χ1v) is 11.7. The monoisotopic (exact) mass is 466 g/mol. The maximum absolute atomic E-state index is 13.1. The summed E-state index contributed by atoms with van der Waals surface area (Å²) in [6.45, 7) is 5.50. The minimum atomic E-state index is -1.05. The van der Waals surface area contributed by atoms with Crippen molar-refractivity contribution in [1.82, 2.24) is 10.6 Å². The van der Waals surface area contributed by atoms with E-state index in [1.54, 1.807) is 24.5 Å². The van der Waals surface area contributed by atoms with Crippen LogP contribution in [0.3, 0.4) is 0 Å². The number of benzene rings is 2. The molecule has 3 rings (SSSR count). The van der Waals surface area contributed by atoms with Crippen molar-refractivity contribution in [2.24, 2.45) is 0 Å². The van der Waals surface area contributed by atoms with E-state index in [1.807, 2.05) is 43.3 Å². The number of aliphatic carboxylic acids is 1. The molecule has 0 aliphatic heterocycles. The molecule has 6 nitrogen and oxygen atoms in total. The number of amides is 1. The van der Waals surface area contributed by atoms with Crippen LogP contribution in [0.2, 0.25) is 0 Å². The number of carbonyl (C=O) groups excluding carboxylic acids is 1. The molecule has 7 heteroatoms. The van der Waals surface area contributed by atoms with Crippen LogP contribution in [0.5, 0.6) is 0 Å². The first-order chi connectivity index (χ1) is 15.9. The van der Waals surface area contributed by atoms with Gasteiger partial charge in [-0.2, -0.15) is 0 Å². The number of carboxylic acids is 1. The lowest BCUT2D eigenvalue weighted by Gasteiger charge is -2.18. The van der Waals surface area contributed by atoms with Crippen molar-refractivity contribution in [3.63, 3.8) is 0 Å². The van der Waals surface area contributed by atoms with E-state index in [2.05, 4.69) is 29.7 Å². The van der Waals surface area contributed by atoms with E-state index in [4.69, 9.17) is 4.74 Å². The van der Waals surface area contributed by atoms with Gasteiger partial charge in [0.05, 0.1) is 13.2 Å². The minimum absolute atomic E-state index is 0.297. The Morgan fingerprint density at radius 1 is 1.03 bits per heavy atom. The van der Waals surface area contributed by atoms with Crippen LogP contribution in [-0.4, -0.2) is 36.6 Å². The third-order valence-corrected chi connectivity index (χ3v) is 6.33. The number of hydrogen-bond acceptors (Lipinski definition) is 5. The molecule has 2 aromatic carbocycles. The Morgan fingerprint density at radius 2 is 1.82 bits per heavy atom. The summed E-state index contributed by atoms with van der Waals surface area (Å²) in [5.74, 6) is -1.46. The van der Waals surface area contributed by atoms with E-state index in [9.17, 15) is 14.7 Å². The summed E-state index contributed by atoms with van der Waals surface area (Å²) in [5.41, 5.74) is 4.11. The SMILES string of the molecule is CNCCC(NC(=O)c1ccc(COCc2ccc(C)s2)cc1-c1ccccc1C)C(=O)O. The van der Waals surface area contributed by atoms with Gasteiger partial charge in [0.15, 0.2) is 0 Å². The zero-order valence-corrected chi connectivity index (χ0v) is 20.0. The first kappa shape index (κ1) is 24.6. The second-order valence-corrected chi connectivity index (χ2v) is 9.33. The van der Waals surface area contributed by atoms with Crippen LogP contribution in [0, 0.1) is 13.8 Å². The van der Waals surface area contributed by atoms with Crippen molar-refractivity contribution in [3.8, 4) is 11.1 Å². The van der Waals surface area contributed by atoms with Gasteiger partial charge in [0.25, 0.3) is 5.91 Å². The average molecular weight is 467 g/mol. The Hall–Kier alpha value is -3.00. The zero-order valence-electron chi connectivity index (χ0n) is 19.2. The number of rotatable bonds is 11. The summed E-state index contributed by atoms with van der Waals surface area (Å²) in [7, 11) is 1.75. The maximum Gasteiger partial charge on any atom is 0.326 e. The van der Waals surface area contributed by atoms with Crippen molar-refractivity contribution < 1.29 is 19.4 Å². The molecule has 3 aromatic rings. The number of carbonyl (C=O) groups is 2. The summed E-state index contributed by atoms with van der Waals surface area (Å²) in [4.78, 5) is 27.2. The van der Waals surface area contributed by atoms with Crippen LogP contribution >= 0.6 is 11.3 Å². The number of nitrogens with one attached hydrogen (secondary N) is 2. The Balaban J connectivity index is 1.85. The van der Waals surface area contributed by atoms with Crippen LogP contribution in [-0.2, 0) is 22.7 Å². The smallest absolute Gasteiger partial charge is 0.326 e. The van der Waals surface area contributed by atoms with Gasteiger partial charge in [-0.1, -0.05) is 30.3 Å². The number of carboxylic acid groups (broad SMARTS) is 1. The number of thiophene rings is 1. The Bertz CT molecular complexity index is 1110. The first-order valence-electron chi connectivity index (χ1n) is 10.9. The van der Waals surface area contributed by atoms with Gasteiger partial charge in [-0.3, -0.25) is 4.79 Å². The highest BCUT2D eigenvalue weighted by atomic mass is 32.1. The lowest BCUT2D eigenvalue weighted by atomic mass is 9.93. The molecule has 0 spiro atoms.